The van der Waals surface area contributed by atoms with Crippen LogP contribution in [0, 0.1) is 18.6 Å². The second-order valence-corrected chi connectivity index (χ2v) is 8.43. The normalized spacial score (nSPS) is 11.8. The Bertz CT molecular complexity index is 1080. The van der Waals surface area contributed by atoms with Crippen LogP contribution in [0.4, 0.5) is 8.78 Å². The van der Waals surface area contributed by atoms with E-state index in [9.17, 15) is 8.78 Å². The topological polar surface area (TPSA) is 56.0 Å². The van der Waals surface area contributed by atoms with Gasteiger partial charge in [-0.15, -0.1) is 21.5 Å². The molecule has 4 aromatic rings. The first-order chi connectivity index (χ1) is 12.4. The molecule has 0 aliphatic heterocycles. The Morgan fingerprint density at radius 2 is 1.81 bits per heavy atom. The van der Waals surface area contributed by atoms with Crippen LogP contribution in [0.25, 0.3) is 14.8 Å². The van der Waals surface area contributed by atoms with E-state index in [2.05, 4.69) is 34.1 Å². The summed E-state index contributed by atoms with van der Waals surface area (Å²) >= 11 is 3.04. The number of halogens is 2. The van der Waals surface area contributed by atoms with Crippen LogP contribution in [0.15, 0.2) is 18.2 Å². The number of fused-ring (bicyclic) bond motifs is 1. The van der Waals surface area contributed by atoms with Crippen LogP contribution in [0.1, 0.15) is 41.9 Å². The fraction of sp³-hybridized carbons (Fsp3) is 0.294. The molecule has 0 bridgehead atoms. The van der Waals surface area contributed by atoms with Crippen LogP contribution < -0.4 is 0 Å². The van der Waals surface area contributed by atoms with E-state index in [1.165, 1.54) is 23.5 Å². The second kappa shape index (κ2) is 6.48. The first-order valence-electron chi connectivity index (χ1n) is 8.04. The van der Waals surface area contributed by atoms with Crippen molar-refractivity contribution in [3.8, 4) is 9.88 Å². The van der Waals surface area contributed by atoms with Crippen molar-refractivity contribution < 1.29 is 8.78 Å². The summed E-state index contributed by atoms with van der Waals surface area (Å²) in [5.74, 6) is -0.387. The zero-order chi connectivity index (χ0) is 18.4. The minimum atomic E-state index is -0.610. The van der Waals surface area contributed by atoms with E-state index < -0.39 is 11.6 Å². The predicted octanol–water partition coefficient (Wildman–Crippen LogP) is 4.61. The Balaban J connectivity index is 1.74. The Hall–Kier alpha value is -2.26. The Morgan fingerprint density at radius 1 is 1.08 bits per heavy atom. The highest BCUT2D eigenvalue weighted by atomic mass is 32.1. The first-order valence-corrected chi connectivity index (χ1v) is 9.68. The number of aryl methyl sites for hydroxylation is 1. The van der Waals surface area contributed by atoms with E-state index in [-0.39, 0.29) is 6.42 Å². The summed E-state index contributed by atoms with van der Waals surface area (Å²) in [4.78, 5) is 6.29. The van der Waals surface area contributed by atoms with E-state index >= 15 is 0 Å². The van der Waals surface area contributed by atoms with Gasteiger partial charge >= 0.3 is 0 Å². The average Bonchev–Trinajstić information content (AvgIpc) is 3.21. The zero-order valence-corrected chi connectivity index (χ0v) is 16.0. The SMILES string of the molecule is Cc1nc(C(C)C)c(-c2nn3c(Cc4cc(F)cc(F)c4)nnc3s2)s1. The number of nitrogens with zero attached hydrogens (tertiary/aromatic N) is 5. The molecule has 0 fully saturated rings. The van der Waals surface area contributed by atoms with Gasteiger partial charge in [0, 0.05) is 12.5 Å². The molecule has 0 atom stereocenters. The molecule has 0 amide bonds. The van der Waals surface area contributed by atoms with Gasteiger partial charge in [-0.3, -0.25) is 0 Å². The molecular weight excluding hydrogens is 376 g/mol. The lowest BCUT2D eigenvalue weighted by molar-refractivity contribution is 0.580. The van der Waals surface area contributed by atoms with Crippen LogP contribution in [-0.4, -0.2) is 24.8 Å². The van der Waals surface area contributed by atoms with Crippen molar-refractivity contribution in [1.29, 1.82) is 0 Å². The molecule has 0 spiro atoms. The Morgan fingerprint density at radius 3 is 2.50 bits per heavy atom. The Labute approximate surface area is 156 Å². The van der Waals surface area contributed by atoms with Gasteiger partial charge in [-0.05, 0) is 30.5 Å². The van der Waals surface area contributed by atoms with Crippen LogP contribution in [-0.2, 0) is 6.42 Å². The highest BCUT2D eigenvalue weighted by molar-refractivity contribution is 7.24. The number of rotatable bonds is 4. The van der Waals surface area contributed by atoms with Crippen molar-refractivity contribution in [2.75, 3.05) is 0 Å². The summed E-state index contributed by atoms with van der Waals surface area (Å²) in [5, 5.41) is 14.7. The molecule has 1 aromatic carbocycles. The van der Waals surface area contributed by atoms with Gasteiger partial charge in [0.15, 0.2) is 10.8 Å². The number of thiazole rings is 1. The van der Waals surface area contributed by atoms with Crippen molar-refractivity contribution >= 4 is 27.6 Å². The fourth-order valence-corrected chi connectivity index (χ4v) is 4.75. The molecule has 0 aliphatic carbocycles. The molecule has 0 aliphatic rings. The van der Waals surface area contributed by atoms with Crippen LogP contribution in [0.5, 0.6) is 0 Å². The summed E-state index contributed by atoms with van der Waals surface area (Å²) in [6.45, 7) is 6.18. The standard InChI is InChI=1S/C17H15F2N5S2/c1-8(2)14-15(25-9(3)20-14)16-23-24-13(21-22-17(24)26-16)6-10-4-11(18)7-12(19)5-10/h4-5,7-8H,6H2,1-3H3. The van der Waals surface area contributed by atoms with E-state index in [1.54, 1.807) is 15.9 Å². The van der Waals surface area contributed by atoms with E-state index in [4.69, 9.17) is 0 Å². The molecule has 0 saturated heterocycles. The molecule has 0 N–H and O–H groups in total. The van der Waals surface area contributed by atoms with Gasteiger partial charge in [-0.1, -0.05) is 25.2 Å². The lowest BCUT2D eigenvalue weighted by Gasteiger charge is -2.02. The third-order valence-electron chi connectivity index (χ3n) is 3.84. The number of hydrogen-bond acceptors (Lipinski definition) is 6. The molecule has 3 heterocycles. The number of benzene rings is 1. The monoisotopic (exact) mass is 391 g/mol. The lowest BCUT2D eigenvalue weighted by Crippen LogP contribution is -1.99. The maximum absolute atomic E-state index is 13.4. The molecule has 0 unspecified atom stereocenters. The van der Waals surface area contributed by atoms with Crippen molar-refractivity contribution in [1.82, 2.24) is 24.8 Å². The molecule has 3 aromatic heterocycles. The minimum Gasteiger partial charge on any atom is -0.246 e. The number of hydrogen-bond donors (Lipinski definition) is 0. The van der Waals surface area contributed by atoms with Crippen molar-refractivity contribution in [3.05, 3.63) is 51.9 Å². The quantitative estimate of drug-likeness (QED) is 0.510. The summed E-state index contributed by atoms with van der Waals surface area (Å²) in [6.07, 6.45) is 0.248. The highest BCUT2D eigenvalue weighted by Gasteiger charge is 2.20. The molecule has 26 heavy (non-hydrogen) atoms. The molecule has 134 valence electrons. The summed E-state index contributed by atoms with van der Waals surface area (Å²) in [5.41, 5.74) is 1.51. The van der Waals surface area contributed by atoms with Crippen molar-refractivity contribution in [3.63, 3.8) is 0 Å². The summed E-state index contributed by atoms with van der Waals surface area (Å²) in [7, 11) is 0. The van der Waals surface area contributed by atoms with Crippen LogP contribution in [0.3, 0.4) is 0 Å². The maximum atomic E-state index is 13.4. The minimum absolute atomic E-state index is 0.248. The Kier molecular flexibility index (Phi) is 4.28. The van der Waals surface area contributed by atoms with E-state index in [0.717, 1.165) is 26.7 Å². The van der Waals surface area contributed by atoms with Crippen molar-refractivity contribution in [2.24, 2.45) is 0 Å². The van der Waals surface area contributed by atoms with Gasteiger partial charge < -0.3 is 0 Å². The van der Waals surface area contributed by atoms with Gasteiger partial charge in [0.25, 0.3) is 0 Å². The molecule has 0 saturated carbocycles. The number of aromatic nitrogens is 5. The smallest absolute Gasteiger partial charge is 0.235 e. The summed E-state index contributed by atoms with van der Waals surface area (Å²) in [6, 6.07) is 3.44. The van der Waals surface area contributed by atoms with Gasteiger partial charge in [0.05, 0.1) is 15.6 Å². The van der Waals surface area contributed by atoms with E-state index in [1.807, 2.05) is 6.92 Å². The van der Waals surface area contributed by atoms with Crippen molar-refractivity contribution in [2.45, 2.75) is 33.1 Å². The third kappa shape index (κ3) is 3.12. The first kappa shape index (κ1) is 17.2. The van der Waals surface area contributed by atoms with Crippen LogP contribution in [0.2, 0.25) is 0 Å². The third-order valence-corrected chi connectivity index (χ3v) is 5.88. The average molecular weight is 391 g/mol. The largest absolute Gasteiger partial charge is 0.246 e. The molecule has 4 rings (SSSR count). The lowest BCUT2D eigenvalue weighted by atomic mass is 10.1. The predicted molar refractivity (Wildman–Crippen MR) is 97.8 cm³/mol. The molecule has 0 radical (unpaired) electrons. The molecule has 9 heteroatoms. The zero-order valence-electron chi connectivity index (χ0n) is 14.3. The van der Waals surface area contributed by atoms with Gasteiger partial charge in [0.1, 0.15) is 11.6 Å². The molecule has 5 nitrogen and oxygen atoms in total. The highest BCUT2D eigenvalue weighted by Crippen LogP contribution is 2.36. The second-order valence-electron chi connectivity index (χ2n) is 6.27. The fourth-order valence-electron chi connectivity index (χ4n) is 2.74. The van der Waals surface area contributed by atoms with Crippen LogP contribution >= 0.6 is 22.7 Å². The summed E-state index contributed by atoms with van der Waals surface area (Å²) < 4.78 is 28.5. The maximum Gasteiger partial charge on any atom is 0.235 e. The van der Waals surface area contributed by atoms with Gasteiger partial charge in [0.2, 0.25) is 4.96 Å². The molecular formula is C17H15F2N5S2. The van der Waals surface area contributed by atoms with Gasteiger partial charge in [-0.25, -0.2) is 13.8 Å². The van der Waals surface area contributed by atoms with Gasteiger partial charge in [-0.2, -0.15) is 9.61 Å². The van der Waals surface area contributed by atoms with E-state index in [0.29, 0.717) is 22.3 Å².